The zero-order valence-corrected chi connectivity index (χ0v) is 14.3. The number of hydrogen-bond acceptors (Lipinski definition) is 4. The lowest BCUT2D eigenvalue weighted by Crippen LogP contribution is -2.42. The Morgan fingerprint density at radius 1 is 1.04 bits per heavy atom. The molecule has 0 saturated carbocycles. The van der Waals surface area contributed by atoms with E-state index in [4.69, 9.17) is 4.74 Å². The molecule has 2 aliphatic rings. The van der Waals surface area contributed by atoms with Crippen molar-refractivity contribution in [1.82, 2.24) is 9.80 Å². The Hall–Kier alpha value is -2.99. The van der Waals surface area contributed by atoms with Crippen LogP contribution in [0.5, 0.6) is 0 Å². The SMILES string of the molecule is CN1C(=O)c2ccc(C(=O)N3CCOC(c4ccccc4)C3)cc2C1=O. The van der Waals surface area contributed by atoms with Crippen molar-refractivity contribution >= 4 is 17.7 Å². The van der Waals surface area contributed by atoms with E-state index in [0.29, 0.717) is 30.8 Å². The van der Waals surface area contributed by atoms with Crippen LogP contribution in [0, 0.1) is 0 Å². The molecule has 0 radical (unpaired) electrons. The number of carbonyl (C=O) groups excluding carboxylic acids is 3. The topological polar surface area (TPSA) is 66.9 Å². The number of hydrogen-bond donors (Lipinski definition) is 0. The summed E-state index contributed by atoms with van der Waals surface area (Å²) in [5.41, 5.74) is 2.07. The van der Waals surface area contributed by atoms with Crippen molar-refractivity contribution in [3.8, 4) is 0 Å². The summed E-state index contributed by atoms with van der Waals surface area (Å²) in [6.45, 7) is 1.40. The minimum Gasteiger partial charge on any atom is -0.370 e. The van der Waals surface area contributed by atoms with Gasteiger partial charge in [0.15, 0.2) is 0 Å². The predicted octanol–water partition coefficient (Wildman–Crippen LogP) is 2.13. The number of benzene rings is 2. The van der Waals surface area contributed by atoms with E-state index in [1.54, 1.807) is 17.0 Å². The van der Waals surface area contributed by atoms with E-state index in [-0.39, 0.29) is 29.4 Å². The highest BCUT2D eigenvalue weighted by Gasteiger charge is 2.34. The molecule has 6 heteroatoms. The van der Waals surface area contributed by atoms with Gasteiger partial charge in [0.2, 0.25) is 0 Å². The van der Waals surface area contributed by atoms with E-state index in [1.165, 1.54) is 13.1 Å². The second-order valence-corrected chi connectivity index (χ2v) is 6.45. The fourth-order valence-electron chi connectivity index (χ4n) is 3.38. The summed E-state index contributed by atoms with van der Waals surface area (Å²) in [6.07, 6.45) is -0.169. The van der Waals surface area contributed by atoms with Crippen molar-refractivity contribution in [1.29, 1.82) is 0 Å². The normalized spacial score (nSPS) is 19.7. The van der Waals surface area contributed by atoms with Crippen LogP contribution in [0.25, 0.3) is 0 Å². The molecule has 4 rings (SSSR count). The van der Waals surface area contributed by atoms with E-state index >= 15 is 0 Å². The van der Waals surface area contributed by atoms with Gasteiger partial charge in [0.05, 0.1) is 24.3 Å². The molecule has 0 aromatic heterocycles. The Kier molecular flexibility index (Phi) is 4.05. The van der Waals surface area contributed by atoms with Crippen LogP contribution in [0.2, 0.25) is 0 Å². The maximum Gasteiger partial charge on any atom is 0.261 e. The van der Waals surface area contributed by atoms with E-state index in [9.17, 15) is 14.4 Å². The lowest BCUT2D eigenvalue weighted by molar-refractivity contribution is -0.0228. The smallest absolute Gasteiger partial charge is 0.261 e. The summed E-state index contributed by atoms with van der Waals surface area (Å²) < 4.78 is 5.80. The van der Waals surface area contributed by atoms with Crippen molar-refractivity contribution in [2.45, 2.75) is 6.10 Å². The largest absolute Gasteiger partial charge is 0.370 e. The number of nitrogens with zero attached hydrogens (tertiary/aromatic N) is 2. The molecule has 1 atom stereocenters. The first-order valence-electron chi connectivity index (χ1n) is 8.48. The summed E-state index contributed by atoms with van der Waals surface area (Å²) in [6, 6.07) is 14.5. The van der Waals surface area contributed by atoms with Crippen molar-refractivity contribution in [3.63, 3.8) is 0 Å². The zero-order chi connectivity index (χ0) is 18.3. The molecular weight excluding hydrogens is 332 g/mol. The first-order valence-corrected chi connectivity index (χ1v) is 8.48. The quantitative estimate of drug-likeness (QED) is 0.778. The summed E-state index contributed by atoms with van der Waals surface area (Å²) in [4.78, 5) is 39.8. The highest BCUT2D eigenvalue weighted by Crippen LogP contribution is 2.26. The monoisotopic (exact) mass is 350 g/mol. The summed E-state index contributed by atoms with van der Waals surface area (Å²) in [5.74, 6) is -0.866. The number of imide groups is 1. The lowest BCUT2D eigenvalue weighted by atomic mass is 10.0. The fourth-order valence-corrected chi connectivity index (χ4v) is 3.38. The number of fused-ring (bicyclic) bond motifs is 1. The standard InChI is InChI=1S/C20H18N2O4/c1-21-19(24)15-8-7-14(11-16(15)20(21)25)18(23)22-9-10-26-17(12-22)13-5-3-2-4-6-13/h2-8,11,17H,9-10,12H2,1H3. The molecule has 3 amide bonds. The average Bonchev–Trinajstić information content (AvgIpc) is 2.92. The van der Waals surface area contributed by atoms with Gasteiger partial charge in [-0.05, 0) is 23.8 Å². The number of rotatable bonds is 2. The maximum atomic E-state index is 12.9. The van der Waals surface area contributed by atoms with E-state index in [2.05, 4.69) is 0 Å². The molecule has 2 aromatic carbocycles. The molecule has 2 heterocycles. The van der Waals surface area contributed by atoms with Gasteiger partial charge in [-0.3, -0.25) is 19.3 Å². The first-order chi connectivity index (χ1) is 12.6. The van der Waals surface area contributed by atoms with Gasteiger partial charge in [0.1, 0.15) is 6.10 Å². The first kappa shape index (κ1) is 16.5. The highest BCUT2D eigenvalue weighted by atomic mass is 16.5. The van der Waals surface area contributed by atoms with Crippen LogP contribution >= 0.6 is 0 Å². The van der Waals surface area contributed by atoms with Gasteiger partial charge in [-0.2, -0.15) is 0 Å². The van der Waals surface area contributed by atoms with E-state index < -0.39 is 0 Å². The molecule has 0 aliphatic carbocycles. The van der Waals surface area contributed by atoms with Gasteiger partial charge in [-0.15, -0.1) is 0 Å². The van der Waals surface area contributed by atoms with Crippen molar-refractivity contribution in [2.24, 2.45) is 0 Å². The molecule has 2 aromatic rings. The Bertz CT molecular complexity index is 894. The second-order valence-electron chi connectivity index (χ2n) is 6.45. The highest BCUT2D eigenvalue weighted by molar-refractivity contribution is 6.21. The fraction of sp³-hybridized carbons (Fsp3) is 0.250. The molecular formula is C20H18N2O4. The van der Waals surface area contributed by atoms with Crippen LogP contribution < -0.4 is 0 Å². The average molecular weight is 350 g/mol. The van der Waals surface area contributed by atoms with Crippen LogP contribution in [0.1, 0.15) is 42.7 Å². The zero-order valence-electron chi connectivity index (χ0n) is 14.3. The van der Waals surface area contributed by atoms with Crippen LogP contribution in [0.3, 0.4) is 0 Å². The molecule has 26 heavy (non-hydrogen) atoms. The van der Waals surface area contributed by atoms with E-state index in [1.807, 2.05) is 30.3 Å². The third kappa shape index (κ3) is 2.68. The molecule has 1 saturated heterocycles. The minimum absolute atomic E-state index is 0.160. The minimum atomic E-state index is -0.371. The number of ether oxygens (including phenoxy) is 1. The summed E-state index contributed by atoms with van der Waals surface area (Å²) in [7, 11) is 1.44. The second kappa shape index (κ2) is 6.38. The molecule has 1 unspecified atom stereocenters. The lowest BCUT2D eigenvalue weighted by Gasteiger charge is -2.33. The summed E-state index contributed by atoms with van der Waals surface area (Å²) >= 11 is 0. The Balaban J connectivity index is 1.57. The van der Waals surface area contributed by atoms with Gasteiger partial charge >= 0.3 is 0 Å². The third-order valence-corrected chi connectivity index (χ3v) is 4.86. The number of amides is 3. The van der Waals surface area contributed by atoms with E-state index in [0.717, 1.165) is 10.5 Å². The Labute approximate surface area is 151 Å². The van der Waals surface area contributed by atoms with Crippen molar-refractivity contribution in [2.75, 3.05) is 26.7 Å². The van der Waals surface area contributed by atoms with Gasteiger partial charge in [-0.1, -0.05) is 30.3 Å². The molecule has 6 nitrogen and oxygen atoms in total. The summed E-state index contributed by atoms with van der Waals surface area (Å²) in [5, 5.41) is 0. The molecule has 1 fully saturated rings. The Morgan fingerprint density at radius 3 is 2.54 bits per heavy atom. The van der Waals surface area contributed by atoms with Crippen LogP contribution in [-0.4, -0.2) is 54.3 Å². The van der Waals surface area contributed by atoms with Crippen molar-refractivity contribution < 1.29 is 19.1 Å². The van der Waals surface area contributed by atoms with Crippen molar-refractivity contribution in [3.05, 3.63) is 70.8 Å². The predicted molar refractivity (Wildman–Crippen MR) is 93.9 cm³/mol. The maximum absolute atomic E-state index is 12.9. The van der Waals surface area contributed by atoms with Crippen LogP contribution in [0.15, 0.2) is 48.5 Å². The molecule has 132 valence electrons. The molecule has 0 spiro atoms. The third-order valence-electron chi connectivity index (χ3n) is 4.86. The molecule has 0 N–H and O–H groups in total. The van der Waals surface area contributed by atoms with Gasteiger partial charge in [-0.25, -0.2) is 0 Å². The van der Waals surface area contributed by atoms with Gasteiger partial charge in [0.25, 0.3) is 17.7 Å². The van der Waals surface area contributed by atoms with Gasteiger partial charge < -0.3 is 9.64 Å². The van der Waals surface area contributed by atoms with Gasteiger partial charge in [0, 0.05) is 19.2 Å². The molecule has 0 bridgehead atoms. The Morgan fingerprint density at radius 2 is 1.77 bits per heavy atom. The number of carbonyl (C=O) groups is 3. The van der Waals surface area contributed by atoms with Crippen LogP contribution in [0.4, 0.5) is 0 Å². The number of morpholine rings is 1. The van der Waals surface area contributed by atoms with Crippen LogP contribution in [-0.2, 0) is 4.74 Å². The molecule has 2 aliphatic heterocycles.